The van der Waals surface area contributed by atoms with Crippen LogP contribution in [0.4, 0.5) is 0 Å². The maximum atomic E-state index is 10.3. The van der Waals surface area contributed by atoms with Crippen molar-refractivity contribution in [1.29, 1.82) is 0 Å². The Labute approximate surface area is 305 Å². The van der Waals surface area contributed by atoms with Gasteiger partial charge in [0, 0.05) is 12.8 Å². The second kappa shape index (κ2) is 43.6. The number of hydrogen-bond donors (Lipinski definition) is 7. The van der Waals surface area contributed by atoms with E-state index in [4.69, 9.17) is 35.7 Å². The molecule has 300 valence electrons. The third kappa shape index (κ3) is 44.4. The van der Waals surface area contributed by atoms with Gasteiger partial charge in [-0.3, -0.25) is 9.59 Å². The molecule has 0 saturated heterocycles. The van der Waals surface area contributed by atoms with Gasteiger partial charge in [-0.05, 0) is 12.8 Å². The molecule has 0 spiro atoms. The van der Waals surface area contributed by atoms with Gasteiger partial charge in [-0.25, -0.2) is 0 Å². The summed E-state index contributed by atoms with van der Waals surface area (Å²) in [7, 11) is 0. The summed E-state index contributed by atoms with van der Waals surface area (Å²) in [6.45, 7) is 3.77. The number of carbonyl (C=O) groups excluding carboxylic acids is 1. The van der Waals surface area contributed by atoms with Crippen molar-refractivity contribution in [3.8, 4) is 0 Å². The standard InChI is InChI=1S/C18H36O2.C16H32O2.C6H12O6/c1-2-3-4-5-6-7-8-9-10-11-12-13-14-15-16-17-18(19)20;1-2-3-4-5-6-7-8-9-10-11-12-13-14-15-16(17)18;7-1-3(9)5(11)6(12)4(10)2-8/h2-17H2,1H3,(H,19,20);2-15H2,1H3,(H,17,18);1,3-6,8-12H,2H2/t;;3-,4+,5+,6+/m..0/s1. The summed E-state index contributed by atoms with van der Waals surface area (Å²) in [5, 5.41) is 60.5. The van der Waals surface area contributed by atoms with Crippen molar-refractivity contribution in [2.24, 2.45) is 0 Å². The van der Waals surface area contributed by atoms with Gasteiger partial charge in [0.05, 0.1) is 6.61 Å². The van der Waals surface area contributed by atoms with E-state index in [0.717, 1.165) is 25.7 Å². The number of rotatable bonds is 35. The molecule has 0 aromatic heterocycles. The average molecular weight is 721 g/mol. The van der Waals surface area contributed by atoms with Crippen molar-refractivity contribution in [1.82, 2.24) is 0 Å². The minimum atomic E-state index is -1.79. The number of hydrogen-bond acceptors (Lipinski definition) is 8. The largest absolute Gasteiger partial charge is 0.481 e. The number of aldehydes is 1. The summed E-state index contributed by atoms with van der Waals surface area (Å²) < 4.78 is 0. The first-order chi connectivity index (χ1) is 24.1. The molecule has 0 bridgehead atoms. The molecule has 0 fully saturated rings. The Morgan fingerprint density at radius 3 is 0.880 bits per heavy atom. The van der Waals surface area contributed by atoms with Crippen LogP contribution >= 0.6 is 0 Å². The molecule has 0 saturated carbocycles. The van der Waals surface area contributed by atoms with E-state index in [1.54, 1.807) is 0 Å². The highest BCUT2D eigenvalue weighted by atomic mass is 16.4. The van der Waals surface area contributed by atoms with E-state index in [2.05, 4.69) is 13.8 Å². The second-order valence-electron chi connectivity index (χ2n) is 13.8. The Kier molecular flexibility index (Phi) is 46.0. The minimum absolute atomic E-state index is 0.0258. The van der Waals surface area contributed by atoms with Crippen LogP contribution in [0.3, 0.4) is 0 Å². The van der Waals surface area contributed by atoms with Crippen LogP contribution in [0.2, 0.25) is 0 Å². The molecular weight excluding hydrogens is 640 g/mol. The van der Waals surface area contributed by atoms with Crippen LogP contribution < -0.4 is 0 Å². The number of carbonyl (C=O) groups is 3. The first-order valence-electron chi connectivity index (χ1n) is 20.3. The van der Waals surface area contributed by atoms with Gasteiger partial charge in [-0.1, -0.05) is 181 Å². The molecule has 50 heavy (non-hydrogen) atoms. The van der Waals surface area contributed by atoms with Crippen LogP contribution in [-0.2, 0) is 14.4 Å². The van der Waals surface area contributed by atoms with Crippen LogP contribution in [0.1, 0.15) is 206 Å². The smallest absolute Gasteiger partial charge is 0.303 e. The number of carboxylic acids is 2. The van der Waals surface area contributed by atoms with E-state index in [-0.39, 0.29) is 6.29 Å². The number of carboxylic acid groups (broad SMARTS) is 2. The molecule has 0 heterocycles. The molecular formula is C40H80O10. The van der Waals surface area contributed by atoms with Crippen molar-refractivity contribution in [3.05, 3.63) is 0 Å². The summed E-state index contributed by atoms with van der Waals surface area (Å²) in [5.74, 6) is -1.31. The zero-order chi connectivity index (χ0) is 38.1. The van der Waals surface area contributed by atoms with Crippen LogP contribution in [0.25, 0.3) is 0 Å². The SMILES string of the molecule is CCCCCCCCCCCCCCCC(=O)O.CCCCCCCCCCCCCCCCCC(=O)O.O=C[C@H](O)[C@@H](O)[C@H](O)[C@H](O)CO. The van der Waals surface area contributed by atoms with Crippen LogP contribution in [0, 0.1) is 0 Å². The molecule has 10 heteroatoms. The van der Waals surface area contributed by atoms with Crippen molar-refractivity contribution >= 4 is 18.2 Å². The number of aliphatic hydroxyl groups is 5. The Balaban J connectivity index is -0.000000683. The first kappa shape index (κ1) is 52.8. The Bertz CT molecular complexity index is 706. The summed E-state index contributed by atoms with van der Waals surface area (Å²) in [6, 6.07) is 0. The van der Waals surface area contributed by atoms with E-state index in [1.165, 1.54) is 154 Å². The van der Waals surface area contributed by atoms with Gasteiger partial charge in [0.2, 0.25) is 0 Å². The van der Waals surface area contributed by atoms with Crippen molar-refractivity contribution < 1.29 is 50.1 Å². The first-order valence-corrected chi connectivity index (χ1v) is 20.3. The molecule has 0 rings (SSSR count). The van der Waals surface area contributed by atoms with Crippen molar-refractivity contribution in [2.75, 3.05) is 6.61 Å². The monoisotopic (exact) mass is 721 g/mol. The third-order valence-electron chi connectivity index (χ3n) is 8.91. The Morgan fingerprint density at radius 1 is 0.440 bits per heavy atom. The van der Waals surface area contributed by atoms with Gasteiger partial charge in [-0.15, -0.1) is 0 Å². The molecule has 0 aromatic carbocycles. The second-order valence-corrected chi connectivity index (χ2v) is 13.8. The average Bonchev–Trinajstić information content (AvgIpc) is 3.10. The van der Waals surface area contributed by atoms with Crippen molar-refractivity contribution in [3.63, 3.8) is 0 Å². The van der Waals surface area contributed by atoms with E-state index >= 15 is 0 Å². The van der Waals surface area contributed by atoms with E-state index in [9.17, 15) is 14.4 Å². The van der Waals surface area contributed by atoms with Gasteiger partial charge < -0.3 is 40.5 Å². The molecule has 0 aromatic rings. The van der Waals surface area contributed by atoms with Gasteiger partial charge in [0.25, 0.3) is 0 Å². The summed E-state index contributed by atoms with van der Waals surface area (Å²) >= 11 is 0. The lowest BCUT2D eigenvalue weighted by Gasteiger charge is -2.22. The highest BCUT2D eigenvalue weighted by Gasteiger charge is 2.29. The maximum absolute atomic E-state index is 10.3. The predicted molar refractivity (Wildman–Crippen MR) is 202 cm³/mol. The number of unbranched alkanes of at least 4 members (excludes halogenated alkanes) is 26. The fraction of sp³-hybridized carbons (Fsp3) is 0.925. The fourth-order valence-corrected chi connectivity index (χ4v) is 5.56. The molecule has 0 radical (unpaired) electrons. The molecule has 10 nitrogen and oxygen atoms in total. The molecule has 0 amide bonds. The zero-order valence-corrected chi connectivity index (χ0v) is 32.2. The summed E-state index contributed by atoms with van der Waals surface area (Å²) in [6.07, 6.45) is 30.6. The topological polar surface area (TPSA) is 193 Å². The number of aliphatic hydroxyl groups excluding tert-OH is 5. The highest BCUT2D eigenvalue weighted by molar-refractivity contribution is 5.66. The van der Waals surface area contributed by atoms with Gasteiger partial charge >= 0.3 is 11.9 Å². The third-order valence-corrected chi connectivity index (χ3v) is 8.91. The van der Waals surface area contributed by atoms with Gasteiger partial charge in [-0.2, -0.15) is 0 Å². The minimum Gasteiger partial charge on any atom is -0.481 e. The zero-order valence-electron chi connectivity index (χ0n) is 32.2. The Hall–Kier alpha value is -1.59. The molecule has 7 N–H and O–H groups in total. The van der Waals surface area contributed by atoms with Crippen LogP contribution in [0.15, 0.2) is 0 Å². The quantitative estimate of drug-likeness (QED) is 0.0247. The molecule has 4 atom stereocenters. The van der Waals surface area contributed by atoms with Crippen molar-refractivity contribution in [2.45, 2.75) is 231 Å². The lowest BCUT2D eigenvalue weighted by molar-refractivity contribution is -0.138. The van der Waals surface area contributed by atoms with Crippen LogP contribution in [0.5, 0.6) is 0 Å². The lowest BCUT2D eigenvalue weighted by Crippen LogP contribution is -2.46. The highest BCUT2D eigenvalue weighted by Crippen LogP contribution is 2.14. The maximum Gasteiger partial charge on any atom is 0.303 e. The van der Waals surface area contributed by atoms with E-state index < -0.39 is 43.0 Å². The summed E-state index contributed by atoms with van der Waals surface area (Å²) in [4.78, 5) is 30.5. The van der Waals surface area contributed by atoms with Crippen LogP contribution in [-0.4, -0.2) is 85.0 Å². The van der Waals surface area contributed by atoms with Gasteiger partial charge in [0.1, 0.15) is 24.4 Å². The fourth-order valence-electron chi connectivity index (χ4n) is 5.56. The molecule has 0 aliphatic carbocycles. The molecule has 0 unspecified atom stereocenters. The Morgan fingerprint density at radius 2 is 0.680 bits per heavy atom. The molecule has 0 aliphatic rings. The van der Waals surface area contributed by atoms with Gasteiger partial charge in [0.15, 0.2) is 6.29 Å². The van der Waals surface area contributed by atoms with E-state index in [0.29, 0.717) is 12.8 Å². The lowest BCUT2D eigenvalue weighted by atomic mass is 10.0. The number of aliphatic carboxylic acids is 2. The van der Waals surface area contributed by atoms with E-state index in [1.807, 2.05) is 0 Å². The normalized spacial score (nSPS) is 13.3. The predicted octanol–water partition coefficient (Wildman–Crippen LogP) is 8.51. The molecule has 0 aliphatic heterocycles. The summed E-state index contributed by atoms with van der Waals surface area (Å²) in [5.41, 5.74) is 0.